The number of hydrogen-bond donors (Lipinski definition) is 0. The van der Waals surface area contributed by atoms with Gasteiger partial charge in [0.1, 0.15) is 0 Å². The molecule has 0 aromatic rings. The van der Waals surface area contributed by atoms with Gasteiger partial charge in [0, 0.05) is 9.52 Å². The van der Waals surface area contributed by atoms with Crippen molar-refractivity contribution in [2.45, 2.75) is 13.1 Å². The quantitative estimate of drug-likeness (QED) is 0.359. The summed E-state index contributed by atoms with van der Waals surface area (Å²) in [5.41, 5.74) is 0. The molecule has 0 saturated heterocycles. The predicted octanol–water partition coefficient (Wildman–Crippen LogP) is 1.67. The average Bonchev–Trinajstić information content (AvgIpc) is 1.39. The van der Waals surface area contributed by atoms with Crippen LogP contribution in [-0.2, 0) is 0 Å². The summed E-state index contributed by atoms with van der Waals surface area (Å²) in [6.07, 6.45) is 0. The van der Waals surface area contributed by atoms with Gasteiger partial charge in [-0.1, -0.05) is 13.1 Å². The molecule has 0 bridgehead atoms. The van der Waals surface area contributed by atoms with Gasteiger partial charge in [-0.2, -0.15) is 0 Å². The third-order valence-electron chi connectivity index (χ3n) is 0. The molecule has 0 rings (SSSR count). The van der Waals surface area contributed by atoms with Crippen LogP contribution in [0.1, 0.15) is 0 Å². The summed E-state index contributed by atoms with van der Waals surface area (Å²) in [5.74, 6) is 0. The Hall–Kier alpha value is 0.797. The van der Waals surface area contributed by atoms with Crippen LogP contribution in [0, 0.1) is 0 Å². The first-order valence-corrected chi connectivity index (χ1v) is 5.85. The maximum absolute atomic E-state index is 4.76. The monoisotopic (exact) mass is 144 g/mol. The molecule has 0 amide bonds. The molecule has 0 aromatic carbocycles. The molecule has 0 aliphatic rings. The fraction of sp³-hybridized carbons (Fsp3) is 1.00. The lowest BCUT2D eigenvalue weighted by Gasteiger charge is -1.45. The summed E-state index contributed by atoms with van der Waals surface area (Å²) in [6.45, 7) is 4.53. The highest BCUT2D eigenvalue weighted by Gasteiger charge is 1.41. The Morgan fingerprint density at radius 2 is 1.33 bits per heavy atom. The summed E-state index contributed by atoms with van der Waals surface area (Å²) in [7, 11) is 0.417. The second-order valence-corrected chi connectivity index (χ2v) is 3.03. The third-order valence-corrected chi connectivity index (χ3v) is 0. The van der Waals surface area contributed by atoms with E-state index in [1.165, 1.54) is 0 Å². The minimum absolute atomic E-state index is 0.194. The van der Waals surface area contributed by atoms with Gasteiger partial charge in [-0.25, -0.2) is 0 Å². The van der Waals surface area contributed by atoms with Crippen molar-refractivity contribution in [3.8, 4) is 0 Å². The van der Waals surface area contributed by atoms with Gasteiger partial charge in [0.15, 0.2) is 0 Å². The van der Waals surface area contributed by atoms with Crippen LogP contribution >= 0.6 is 23.2 Å². The van der Waals surface area contributed by atoms with E-state index in [1.54, 1.807) is 0 Å². The van der Waals surface area contributed by atoms with Crippen molar-refractivity contribution in [3.63, 3.8) is 0 Å². The summed E-state index contributed by atoms with van der Waals surface area (Å²) in [5, 5.41) is 0.194. The summed E-state index contributed by atoms with van der Waals surface area (Å²) in [6, 6.07) is 0. The molecule has 0 fully saturated rings. The summed E-state index contributed by atoms with van der Waals surface area (Å²) < 4.78 is 0. The smallest absolute Gasteiger partial charge is 0.0967 e. The minimum Gasteiger partial charge on any atom is -0.109 e. The van der Waals surface area contributed by atoms with Gasteiger partial charge in [-0.15, -0.1) is 23.2 Å². The highest BCUT2D eigenvalue weighted by atomic mass is 35.5. The molecule has 0 spiro atoms. The van der Waals surface area contributed by atoms with E-state index in [2.05, 4.69) is 13.1 Å². The van der Waals surface area contributed by atoms with E-state index >= 15 is 0 Å². The van der Waals surface area contributed by atoms with Crippen molar-refractivity contribution < 1.29 is 0 Å². The molecule has 3 heteroatoms. The zero-order valence-corrected chi connectivity index (χ0v) is 7.10. The van der Waals surface area contributed by atoms with E-state index < -0.39 is 0 Å². The topological polar surface area (TPSA) is 0 Å². The van der Waals surface area contributed by atoms with Crippen LogP contribution in [0.15, 0.2) is 0 Å². The van der Waals surface area contributed by atoms with Crippen LogP contribution in [0.4, 0.5) is 0 Å². The van der Waals surface area contributed by atoms with Crippen molar-refractivity contribution in [1.29, 1.82) is 0 Å². The first-order chi connectivity index (χ1) is 2.83. The number of halogens is 2. The van der Waals surface area contributed by atoms with Crippen LogP contribution in [-0.4, -0.2) is 14.9 Å². The zero-order chi connectivity index (χ0) is 5.41. The molecule has 6 heavy (non-hydrogen) atoms. The van der Waals surface area contributed by atoms with Crippen LogP contribution in [0.25, 0.3) is 0 Å². The lowest BCUT2D eigenvalue weighted by molar-refractivity contribution is 2.14. The predicted molar refractivity (Wildman–Crippen MR) is 36.8 cm³/mol. The Morgan fingerprint density at radius 3 is 1.33 bits per heavy atom. The highest BCUT2D eigenvalue weighted by Crippen LogP contribution is 1.73. The molecule has 0 aliphatic carbocycles. The van der Waals surface area contributed by atoms with Crippen molar-refractivity contribution in [1.82, 2.24) is 0 Å². The molecule has 0 saturated carbocycles. The van der Waals surface area contributed by atoms with Crippen LogP contribution in [0.2, 0.25) is 13.1 Å². The standard InChI is InChI=1S/C2H8Si.CH2Cl2/c1-3-2;2-1-3/h3H2,1-2H3;1H2. The SMILES string of the molecule is C[SiH2]C.ClCCl. The summed E-state index contributed by atoms with van der Waals surface area (Å²) >= 11 is 9.53. The highest BCUT2D eigenvalue weighted by molar-refractivity contribution is 6.40. The fourth-order valence-electron chi connectivity index (χ4n) is 0. The van der Waals surface area contributed by atoms with E-state index in [4.69, 9.17) is 23.2 Å². The normalized spacial score (nSPS) is 6.00. The second-order valence-electron chi connectivity index (χ2n) is 0.808. The Bertz CT molecular complexity index is 10.8. The average molecular weight is 145 g/mol. The van der Waals surface area contributed by atoms with E-state index in [0.717, 1.165) is 0 Å². The van der Waals surface area contributed by atoms with Crippen LogP contribution < -0.4 is 0 Å². The van der Waals surface area contributed by atoms with Crippen molar-refractivity contribution in [2.75, 3.05) is 5.34 Å². The fourth-order valence-corrected chi connectivity index (χ4v) is 0. The van der Waals surface area contributed by atoms with Gasteiger partial charge in [0.2, 0.25) is 0 Å². The lowest BCUT2D eigenvalue weighted by atomic mass is 11.9. The minimum atomic E-state index is 0.194. The number of hydrogen-bond acceptors (Lipinski definition) is 0. The van der Waals surface area contributed by atoms with E-state index in [0.29, 0.717) is 9.52 Å². The Morgan fingerprint density at radius 1 is 1.33 bits per heavy atom. The van der Waals surface area contributed by atoms with Gasteiger partial charge in [-0.3, -0.25) is 0 Å². The molecule has 0 atom stereocenters. The maximum Gasteiger partial charge on any atom is 0.0967 e. The van der Waals surface area contributed by atoms with Crippen LogP contribution in [0.3, 0.4) is 0 Å². The molecule has 0 unspecified atom stereocenters. The van der Waals surface area contributed by atoms with Crippen molar-refractivity contribution >= 4 is 32.7 Å². The van der Waals surface area contributed by atoms with E-state index in [9.17, 15) is 0 Å². The van der Waals surface area contributed by atoms with Gasteiger partial charge >= 0.3 is 0 Å². The Labute approximate surface area is 51.7 Å². The first-order valence-electron chi connectivity index (χ1n) is 1.95. The largest absolute Gasteiger partial charge is 0.109 e. The second kappa shape index (κ2) is 17.1. The number of alkyl halides is 2. The molecule has 0 N–H and O–H groups in total. The first kappa shape index (κ1) is 9.93. The Kier molecular flexibility index (Phi) is 28.2. The third kappa shape index (κ3) is 109. The van der Waals surface area contributed by atoms with Gasteiger partial charge in [0.05, 0.1) is 5.34 Å². The molecule has 0 heterocycles. The molecule has 0 aliphatic heterocycles. The summed E-state index contributed by atoms with van der Waals surface area (Å²) in [4.78, 5) is 0. The van der Waals surface area contributed by atoms with Crippen molar-refractivity contribution in [3.05, 3.63) is 0 Å². The molecular weight excluding hydrogens is 135 g/mol. The molecule has 40 valence electrons. The molecule has 0 radical (unpaired) electrons. The van der Waals surface area contributed by atoms with Crippen molar-refractivity contribution in [2.24, 2.45) is 0 Å². The maximum atomic E-state index is 4.76. The molecule has 0 aromatic heterocycles. The van der Waals surface area contributed by atoms with Gasteiger partial charge in [-0.05, 0) is 0 Å². The lowest BCUT2D eigenvalue weighted by Crippen LogP contribution is -1.53. The van der Waals surface area contributed by atoms with Crippen LogP contribution in [0.5, 0.6) is 0 Å². The Balaban J connectivity index is 0. The molecule has 0 nitrogen and oxygen atoms in total. The van der Waals surface area contributed by atoms with E-state index in [1.807, 2.05) is 0 Å². The molecular formula is C3H10Cl2Si. The van der Waals surface area contributed by atoms with Gasteiger partial charge < -0.3 is 0 Å². The zero-order valence-electron chi connectivity index (χ0n) is 4.17. The van der Waals surface area contributed by atoms with Gasteiger partial charge in [0.25, 0.3) is 0 Å². The van der Waals surface area contributed by atoms with E-state index in [-0.39, 0.29) is 5.34 Å². The number of rotatable bonds is 0.